The molecule has 1 amide bonds. The summed E-state index contributed by atoms with van der Waals surface area (Å²) in [5, 5.41) is 5.97. The number of hydrogen-bond donors (Lipinski definition) is 3. The molecule has 0 fully saturated rings. The standard InChI is InChI=1S/C28H27FN4O5S/c1-37-23-9-3-6-20(16-23)28(34)32-15-14-30-21-7-4-8-22(18-21)33-39(35,36)26-17-19(11-12-25(26)38-2)27-24(29)10-5-13-31-27/h3-13,16-18,30,33H,14-15H2,1-2H3,(H,32,34). The molecule has 0 aliphatic carbocycles. The number of anilines is 2. The SMILES string of the molecule is COc1cccc(C(=O)NCCNc2cccc(NS(=O)(=O)c3cc(-c4ncccc4F)ccc3OC)c2)c1. The van der Waals surface area contributed by atoms with Crippen LogP contribution in [0.3, 0.4) is 0 Å². The van der Waals surface area contributed by atoms with E-state index in [1.165, 1.54) is 44.7 Å². The van der Waals surface area contributed by atoms with E-state index in [9.17, 15) is 17.6 Å². The molecule has 0 saturated carbocycles. The summed E-state index contributed by atoms with van der Waals surface area (Å²) in [6.07, 6.45) is 1.43. The summed E-state index contributed by atoms with van der Waals surface area (Å²) >= 11 is 0. The summed E-state index contributed by atoms with van der Waals surface area (Å²) in [4.78, 5) is 16.2. The predicted molar refractivity (Wildman–Crippen MR) is 147 cm³/mol. The van der Waals surface area contributed by atoms with E-state index in [-0.39, 0.29) is 22.2 Å². The minimum absolute atomic E-state index is 0.0290. The molecule has 11 heteroatoms. The van der Waals surface area contributed by atoms with Crippen molar-refractivity contribution in [2.45, 2.75) is 4.90 Å². The van der Waals surface area contributed by atoms with Gasteiger partial charge in [-0.05, 0) is 66.7 Å². The Kier molecular flexibility index (Phi) is 8.62. The summed E-state index contributed by atoms with van der Waals surface area (Å²) < 4.78 is 53.8. The van der Waals surface area contributed by atoms with Crippen molar-refractivity contribution in [2.24, 2.45) is 0 Å². The third-order valence-corrected chi connectivity index (χ3v) is 7.07. The van der Waals surface area contributed by atoms with Crippen molar-refractivity contribution in [1.29, 1.82) is 0 Å². The molecule has 202 valence electrons. The summed E-state index contributed by atoms with van der Waals surface area (Å²) in [6.45, 7) is 0.734. The van der Waals surface area contributed by atoms with Crippen molar-refractivity contribution in [3.63, 3.8) is 0 Å². The van der Waals surface area contributed by atoms with E-state index < -0.39 is 15.8 Å². The number of carbonyl (C=O) groups excluding carboxylic acids is 1. The number of ether oxygens (including phenoxy) is 2. The molecule has 0 atom stereocenters. The lowest BCUT2D eigenvalue weighted by atomic mass is 10.1. The highest BCUT2D eigenvalue weighted by atomic mass is 32.2. The number of amides is 1. The van der Waals surface area contributed by atoms with Gasteiger partial charge in [-0.1, -0.05) is 12.1 Å². The van der Waals surface area contributed by atoms with Crippen molar-refractivity contribution >= 4 is 27.3 Å². The monoisotopic (exact) mass is 550 g/mol. The van der Waals surface area contributed by atoms with Crippen LogP contribution in [0, 0.1) is 5.82 Å². The second-order valence-electron chi connectivity index (χ2n) is 8.30. The molecule has 9 nitrogen and oxygen atoms in total. The number of carbonyl (C=O) groups is 1. The van der Waals surface area contributed by atoms with Gasteiger partial charge < -0.3 is 20.1 Å². The zero-order chi connectivity index (χ0) is 27.8. The van der Waals surface area contributed by atoms with Gasteiger partial charge in [0.2, 0.25) is 0 Å². The van der Waals surface area contributed by atoms with Crippen LogP contribution in [0.4, 0.5) is 15.8 Å². The lowest BCUT2D eigenvalue weighted by Gasteiger charge is -2.14. The number of halogens is 1. The van der Waals surface area contributed by atoms with Crippen molar-refractivity contribution in [1.82, 2.24) is 10.3 Å². The van der Waals surface area contributed by atoms with Crippen molar-refractivity contribution in [3.8, 4) is 22.8 Å². The van der Waals surface area contributed by atoms with Crippen LogP contribution in [0.1, 0.15) is 10.4 Å². The fourth-order valence-corrected chi connectivity index (χ4v) is 5.03. The molecule has 4 rings (SSSR count). The van der Waals surface area contributed by atoms with E-state index in [0.29, 0.717) is 41.3 Å². The summed E-state index contributed by atoms with van der Waals surface area (Å²) in [6, 6.07) is 20.5. The first kappa shape index (κ1) is 27.4. The Hall–Kier alpha value is -4.64. The summed E-state index contributed by atoms with van der Waals surface area (Å²) in [7, 11) is -1.22. The Bertz CT molecular complexity index is 1580. The topological polar surface area (TPSA) is 119 Å². The Morgan fingerprint density at radius 1 is 0.897 bits per heavy atom. The average Bonchev–Trinajstić information content (AvgIpc) is 2.95. The highest BCUT2D eigenvalue weighted by molar-refractivity contribution is 7.92. The molecule has 0 unspecified atom stereocenters. The van der Waals surface area contributed by atoms with Crippen LogP contribution in [-0.4, -0.2) is 46.6 Å². The van der Waals surface area contributed by atoms with Gasteiger partial charge in [0.15, 0.2) is 0 Å². The van der Waals surface area contributed by atoms with Crippen LogP contribution in [0.15, 0.2) is 90.0 Å². The second kappa shape index (κ2) is 12.3. The van der Waals surface area contributed by atoms with Crippen LogP contribution in [0.25, 0.3) is 11.3 Å². The van der Waals surface area contributed by atoms with Crippen LogP contribution in [0.5, 0.6) is 11.5 Å². The zero-order valence-corrected chi connectivity index (χ0v) is 22.1. The fourth-order valence-electron chi connectivity index (χ4n) is 3.78. The first-order valence-electron chi connectivity index (χ1n) is 11.9. The number of nitrogens with zero attached hydrogens (tertiary/aromatic N) is 1. The quantitative estimate of drug-likeness (QED) is 0.235. The zero-order valence-electron chi connectivity index (χ0n) is 21.3. The molecule has 1 heterocycles. The summed E-state index contributed by atoms with van der Waals surface area (Å²) in [5.74, 6) is -0.117. The van der Waals surface area contributed by atoms with E-state index in [1.807, 2.05) is 0 Å². The third kappa shape index (κ3) is 6.82. The van der Waals surface area contributed by atoms with E-state index in [4.69, 9.17) is 9.47 Å². The molecular formula is C28H27FN4O5S. The van der Waals surface area contributed by atoms with Crippen molar-refractivity contribution < 1.29 is 27.1 Å². The van der Waals surface area contributed by atoms with E-state index >= 15 is 0 Å². The maximum atomic E-state index is 14.3. The Balaban J connectivity index is 1.42. The first-order valence-corrected chi connectivity index (χ1v) is 13.4. The highest BCUT2D eigenvalue weighted by Gasteiger charge is 2.22. The molecule has 0 aliphatic rings. The van der Waals surface area contributed by atoms with Crippen molar-refractivity contribution in [2.75, 3.05) is 37.3 Å². The minimum Gasteiger partial charge on any atom is -0.497 e. The van der Waals surface area contributed by atoms with Crippen LogP contribution in [0.2, 0.25) is 0 Å². The molecule has 0 aliphatic heterocycles. The number of nitrogens with one attached hydrogen (secondary N) is 3. The summed E-state index contributed by atoms with van der Waals surface area (Å²) in [5.41, 5.74) is 1.75. The Morgan fingerprint density at radius 2 is 1.69 bits per heavy atom. The maximum Gasteiger partial charge on any atom is 0.265 e. The van der Waals surface area contributed by atoms with E-state index in [0.717, 1.165) is 0 Å². The van der Waals surface area contributed by atoms with Gasteiger partial charge in [0.05, 0.1) is 19.9 Å². The normalized spacial score (nSPS) is 10.9. The number of sulfonamides is 1. The van der Waals surface area contributed by atoms with Gasteiger partial charge in [-0.2, -0.15) is 0 Å². The molecule has 4 aromatic rings. The van der Waals surface area contributed by atoms with Crippen LogP contribution < -0.4 is 24.8 Å². The van der Waals surface area contributed by atoms with Crippen molar-refractivity contribution in [3.05, 3.63) is 96.4 Å². The molecule has 3 aromatic carbocycles. The van der Waals surface area contributed by atoms with Gasteiger partial charge in [-0.3, -0.25) is 14.5 Å². The fraction of sp³-hybridized carbons (Fsp3) is 0.143. The Morgan fingerprint density at radius 3 is 2.46 bits per heavy atom. The number of rotatable bonds is 11. The molecule has 0 bridgehead atoms. The number of methoxy groups -OCH3 is 2. The minimum atomic E-state index is -4.11. The van der Waals surface area contributed by atoms with Gasteiger partial charge in [0, 0.05) is 36.1 Å². The van der Waals surface area contributed by atoms with Crippen LogP contribution in [-0.2, 0) is 10.0 Å². The van der Waals surface area contributed by atoms with Gasteiger partial charge in [0.1, 0.15) is 27.9 Å². The lowest BCUT2D eigenvalue weighted by Crippen LogP contribution is -2.28. The Labute approximate surface area is 226 Å². The second-order valence-corrected chi connectivity index (χ2v) is 9.95. The lowest BCUT2D eigenvalue weighted by molar-refractivity contribution is 0.0955. The molecule has 0 spiro atoms. The molecule has 0 saturated heterocycles. The van der Waals surface area contributed by atoms with Gasteiger partial charge >= 0.3 is 0 Å². The highest BCUT2D eigenvalue weighted by Crippen LogP contribution is 2.31. The number of pyridine rings is 1. The van der Waals surface area contributed by atoms with Gasteiger partial charge in [-0.25, -0.2) is 12.8 Å². The number of benzene rings is 3. The maximum absolute atomic E-state index is 14.3. The first-order chi connectivity index (χ1) is 18.8. The van der Waals surface area contributed by atoms with Gasteiger partial charge in [-0.15, -0.1) is 0 Å². The predicted octanol–water partition coefficient (Wildman–Crippen LogP) is 4.55. The average molecular weight is 551 g/mol. The van der Waals surface area contributed by atoms with Gasteiger partial charge in [0.25, 0.3) is 15.9 Å². The molecule has 3 N–H and O–H groups in total. The van der Waals surface area contributed by atoms with Crippen LogP contribution >= 0.6 is 0 Å². The third-order valence-electron chi connectivity index (χ3n) is 5.67. The van der Waals surface area contributed by atoms with E-state index in [2.05, 4.69) is 20.3 Å². The largest absolute Gasteiger partial charge is 0.497 e. The molecule has 1 aromatic heterocycles. The molecule has 0 radical (unpaired) electrons. The number of aromatic nitrogens is 1. The smallest absolute Gasteiger partial charge is 0.265 e. The van der Waals surface area contributed by atoms with E-state index in [1.54, 1.807) is 54.6 Å². The number of hydrogen-bond acceptors (Lipinski definition) is 7. The molecular weight excluding hydrogens is 523 g/mol. The molecule has 39 heavy (non-hydrogen) atoms.